The Kier molecular flexibility index (Phi) is 2.86. The number of hydrogen-bond donors (Lipinski definition) is 2. The molecule has 6 nitrogen and oxygen atoms in total. The van der Waals surface area contributed by atoms with Crippen LogP contribution >= 0.6 is 11.8 Å². The second kappa shape index (κ2) is 4.17. The summed E-state index contributed by atoms with van der Waals surface area (Å²) in [7, 11) is 1.79. The van der Waals surface area contributed by atoms with Crippen LogP contribution in [0.2, 0.25) is 0 Å². The number of aromatic nitrogens is 2. The van der Waals surface area contributed by atoms with Gasteiger partial charge in [0.25, 0.3) is 0 Å². The number of nitrogens with zero attached hydrogens (tertiary/aromatic N) is 3. The zero-order chi connectivity index (χ0) is 11.7. The highest BCUT2D eigenvalue weighted by Crippen LogP contribution is 2.28. The van der Waals surface area contributed by atoms with Crippen LogP contribution in [0.15, 0.2) is 11.2 Å². The van der Waals surface area contributed by atoms with Gasteiger partial charge in [0.15, 0.2) is 5.16 Å². The first-order valence-corrected chi connectivity index (χ1v) is 5.76. The Hall–Kier alpha value is -1.50. The first kappa shape index (κ1) is 11.0. The maximum atomic E-state index is 11.7. The summed E-state index contributed by atoms with van der Waals surface area (Å²) in [4.78, 5) is 21.4. The van der Waals surface area contributed by atoms with Gasteiger partial charge in [0.1, 0.15) is 11.6 Å². The van der Waals surface area contributed by atoms with Crippen LogP contribution in [0.25, 0.3) is 0 Å². The van der Waals surface area contributed by atoms with E-state index in [1.165, 1.54) is 17.8 Å². The minimum absolute atomic E-state index is 0.106. The minimum atomic E-state index is -0.119. The van der Waals surface area contributed by atoms with Crippen molar-refractivity contribution in [3.63, 3.8) is 0 Å². The summed E-state index contributed by atoms with van der Waals surface area (Å²) >= 11 is 1.32. The van der Waals surface area contributed by atoms with Crippen LogP contribution in [0.5, 0.6) is 0 Å². The number of carbonyl (C=O) groups is 1. The fraction of sp³-hybridized carbons (Fsp3) is 0.444. The molecule has 0 aromatic carbocycles. The van der Waals surface area contributed by atoms with E-state index in [0.29, 0.717) is 16.8 Å². The third-order valence-electron chi connectivity index (χ3n) is 2.37. The van der Waals surface area contributed by atoms with Crippen molar-refractivity contribution >= 4 is 29.3 Å². The number of rotatable bonds is 2. The number of anilines is 2. The molecule has 1 fully saturated rings. The summed E-state index contributed by atoms with van der Waals surface area (Å²) in [5.74, 6) is 0.761. The molecule has 1 aromatic heterocycles. The number of thioether (sulfide) groups is 1. The Labute approximate surface area is 97.4 Å². The van der Waals surface area contributed by atoms with E-state index in [4.69, 9.17) is 11.5 Å². The predicted octanol–water partition coefficient (Wildman–Crippen LogP) is -0.0362. The highest BCUT2D eigenvalue weighted by Gasteiger charge is 2.30. The predicted molar refractivity (Wildman–Crippen MR) is 62.8 cm³/mol. The first-order chi connectivity index (χ1) is 7.56. The molecular formula is C9H13N5OS. The zero-order valence-electron chi connectivity index (χ0n) is 8.88. The monoisotopic (exact) mass is 239 g/mol. The molecule has 2 rings (SSSR count). The maximum Gasteiger partial charge on any atom is 0.235 e. The van der Waals surface area contributed by atoms with Gasteiger partial charge in [0.05, 0.1) is 5.25 Å². The number of nitrogens with two attached hydrogens (primary N) is 2. The summed E-state index contributed by atoms with van der Waals surface area (Å²) < 4.78 is 0. The van der Waals surface area contributed by atoms with E-state index in [0.717, 1.165) is 13.0 Å². The molecule has 4 N–H and O–H groups in total. The van der Waals surface area contributed by atoms with Crippen LogP contribution in [0.1, 0.15) is 6.42 Å². The lowest BCUT2D eigenvalue weighted by Crippen LogP contribution is -2.23. The van der Waals surface area contributed by atoms with E-state index < -0.39 is 0 Å². The lowest BCUT2D eigenvalue weighted by molar-refractivity contribution is -0.126. The van der Waals surface area contributed by atoms with Crippen molar-refractivity contribution in [1.29, 1.82) is 0 Å². The van der Waals surface area contributed by atoms with Crippen molar-refractivity contribution in [1.82, 2.24) is 14.9 Å². The van der Waals surface area contributed by atoms with Crippen molar-refractivity contribution < 1.29 is 4.79 Å². The van der Waals surface area contributed by atoms with Gasteiger partial charge in [-0.2, -0.15) is 0 Å². The lowest BCUT2D eigenvalue weighted by atomic mass is 10.4. The number of carbonyl (C=O) groups excluding carboxylic acids is 1. The quantitative estimate of drug-likeness (QED) is 0.703. The van der Waals surface area contributed by atoms with Gasteiger partial charge in [0, 0.05) is 19.7 Å². The Bertz CT molecular complexity index is 404. The van der Waals surface area contributed by atoms with Crippen molar-refractivity contribution in [2.45, 2.75) is 16.8 Å². The van der Waals surface area contributed by atoms with Crippen molar-refractivity contribution in [3.8, 4) is 0 Å². The molecule has 1 unspecified atom stereocenters. The lowest BCUT2D eigenvalue weighted by Gasteiger charge is -2.09. The van der Waals surface area contributed by atoms with Crippen molar-refractivity contribution in [3.05, 3.63) is 6.07 Å². The molecule has 16 heavy (non-hydrogen) atoms. The molecule has 1 atom stereocenters. The van der Waals surface area contributed by atoms with Gasteiger partial charge in [-0.1, -0.05) is 11.8 Å². The average Bonchev–Trinajstić information content (AvgIpc) is 2.48. The third-order valence-corrected chi connectivity index (χ3v) is 3.49. The summed E-state index contributed by atoms with van der Waals surface area (Å²) in [6, 6.07) is 1.49. The molecule has 1 amide bonds. The molecule has 2 heterocycles. The maximum absolute atomic E-state index is 11.7. The smallest absolute Gasteiger partial charge is 0.235 e. The van der Waals surface area contributed by atoms with Crippen LogP contribution in [0.4, 0.5) is 11.6 Å². The van der Waals surface area contributed by atoms with Crippen molar-refractivity contribution in [2.75, 3.05) is 25.1 Å². The molecule has 1 aliphatic heterocycles. The normalized spacial score (nSPS) is 20.4. The molecule has 1 aliphatic rings. The molecule has 0 saturated carbocycles. The second-order valence-corrected chi connectivity index (χ2v) is 4.83. The van der Waals surface area contributed by atoms with E-state index in [1.54, 1.807) is 11.9 Å². The number of hydrogen-bond acceptors (Lipinski definition) is 6. The topological polar surface area (TPSA) is 98.1 Å². The summed E-state index contributed by atoms with van der Waals surface area (Å²) in [5.41, 5.74) is 11.1. The Morgan fingerprint density at radius 1 is 1.44 bits per heavy atom. The van der Waals surface area contributed by atoms with E-state index in [2.05, 4.69) is 9.97 Å². The fourth-order valence-corrected chi connectivity index (χ4v) is 2.62. The van der Waals surface area contributed by atoms with Gasteiger partial charge < -0.3 is 16.4 Å². The van der Waals surface area contributed by atoms with Gasteiger partial charge in [-0.3, -0.25) is 4.79 Å². The Morgan fingerprint density at radius 3 is 2.56 bits per heavy atom. The van der Waals surface area contributed by atoms with E-state index in [9.17, 15) is 4.79 Å². The van der Waals surface area contributed by atoms with Crippen LogP contribution in [-0.2, 0) is 4.79 Å². The highest BCUT2D eigenvalue weighted by molar-refractivity contribution is 8.00. The molecule has 1 aromatic rings. The van der Waals surface area contributed by atoms with Gasteiger partial charge >= 0.3 is 0 Å². The molecule has 0 aliphatic carbocycles. The fourth-order valence-electron chi connectivity index (χ4n) is 1.54. The van der Waals surface area contributed by atoms with Crippen LogP contribution < -0.4 is 11.5 Å². The minimum Gasteiger partial charge on any atom is -0.383 e. The number of nitrogen functional groups attached to an aromatic ring is 2. The van der Waals surface area contributed by atoms with Crippen molar-refractivity contribution in [2.24, 2.45) is 0 Å². The molecule has 1 saturated heterocycles. The molecule has 0 bridgehead atoms. The molecular weight excluding hydrogens is 226 g/mol. The summed E-state index contributed by atoms with van der Waals surface area (Å²) in [5, 5.41) is 0.345. The van der Waals surface area contributed by atoms with Gasteiger partial charge in [-0.25, -0.2) is 9.97 Å². The van der Waals surface area contributed by atoms with Gasteiger partial charge in [-0.15, -0.1) is 0 Å². The van der Waals surface area contributed by atoms with Crippen LogP contribution in [0, 0.1) is 0 Å². The van der Waals surface area contributed by atoms with Crippen LogP contribution in [-0.4, -0.2) is 39.6 Å². The molecule has 0 radical (unpaired) electrons. The van der Waals surface area contributed by atoms with Gasteiger partial charge in [0.2, 0.25) is 5.91 Å². The highest BCUT2D eigenvalue weighted by atomic mass is 32.2. The molecule has 86 valence electrons. The first-order valence-electron chi connectivity index (χ1n) is 4.88. The second-order valence-electron chi connectivity index (χ2n) is 3.66. The standard InChI is InChI=1S/C9H13N5OS/c1-14-3-2-5(8(14)15)16-9-12-6(10)4-7(11)13-9/h4-5H,2-3H2,1H3,(H4,10,11,12,13). The van der Waals surface area contributed by atoms with Gasteiger partial charge in [-0.05, 0) is 6.42 Å². The SMILES string of the molecule is CN1CCC(Sc2nc(N)cc(N)n2)C1=O. The van der Waals surface area contributed by atoms with E-state index >= 15 is 0 Å². The largest absolute Gasteiger partial charge is 0.383 e. The number of amides is 1. The summed E-state index contributed by atoms with van der Waals surface area (Å²) in [6.45, 7) is 0.772. The van der Waals surface area contributed by atoms with E-state index in [-0.39, 0.29) is 11.2 Å². The molecule has 0 spiro atoms. The zero-order valence-corrected chi connectivity index (χ0v) is 9.70. The number of likely N-dealkylation sites (tertiary alicyclic amines) is 1. The summed E-state index contributed by atoms with van der Waals surface area (Å²) in [6.07, 6.45) is 0.804. The Morgan fingerprint density at radius 2 is 2.06 bits per heavy atom. The van der Waals surface area contributed by atoms with Crippen LogP contribution in [0.3, 0.4) is 0 Å². The third kappa shape index (κ3) is 2.19. The Balaban J connectivity index is 2.12. The molecule has 7 heteroatoms. The average molecular weight is 239 g/mol. The van der Waals surface area contributed by atoms with E-state index in [1.807, 2.05) is 0 Å².